The Hall–Kier alpha value is -5.48. The summed E-state index contributed by atoms with van der Waals surface area (Å²) in [5.74, 6) is 0.988. The summed E-state index contributed by atoms with van der Waals surface area (Å²) in [6, 6.07) is 43.5. The molecule has 4 aromatic carbocycles. The van der Waals surface area contributed by atoms with Gasteiger partial charge < -0.3 is 0 Å². The van der Waals surface area contributed by atoms with Crippen molar-refractivity contribution in [3.8, 4) is 0 Å². The van der Waals surface area contributed by atoms with E-state index in [-0.39, 0.29) is 23.7 Å². The molecule has 4 heterocycles. The van der Waals surface area contributed by atoms with E-state index in [4.69, 9.17) is 19.9 Å². The van der Waals surface area contributed by atoms with Crippen LogP contribution in [0.5, 0.6) is 0 Å². The second kappa shape index (κ2) is 12.3. The maximum absolute atomic E-state index is 5.12. The molecule has 0 atom stereocenters. The van der Waals surface area contributed by atoms with Gasteiger partial charge in [0, 0.05) is 92.8 Å². The lowest BCUT2D eigenvalue weighted by Crippen LogP contribution is -2.21. The number of hydrogen-bond acceptors (Lipinski definition) is 4. The molecule has 1 fully saturated rings. The lowest BCUT2D eigenvalue weighted by atomic mass is 9.71. The predicted octanol–water partition coefficient (Wildman–Crippen LogP) is 10.9. The molecule has 1 saturated carbocycles. The highest BCUT2D eigenvalue weighted by Gasteiger charge is 2.34. The van der Waals surface area contributed by atoms with E-state index < -0.39 is 0 Å². The summed E-state index contributed by atoms with van der Waals surface area (Å²) in [7, 11) is 0. The zero-order chi connectivity index (χ0) is 31.9. The Morgan fingerprint density at radius 3 is 0.729 bits per heavy atom. The Kier molecular flexibility index (Phi) is 7.34. The molecule has 0 saturated heterocycles. The average molecular weight is 621 g/mol. The summed E-state index contributed by atoms with van der Waals surface area (Å²) in [4.78, 5) is 20.5. The molecule has 0 unspecified atom stereocenters. The van der Waals surface area contributed by atoms with Gasteiger partial charge in [-0.1, -0.05) is 97.1 Å². The highest BCUT2D eigenvalue weighted by Crippen LogP contribution is 2.48. The summed E-state index contributed by atoms with van der Waals surface area (Å²) in [5.41, 5.74) is 4.64. The van der Waals surface area contributed by atoms with Crippen LogP contribution >= 0.6 is 0 Å². The van der Waals surface area contributed by atoms with Gasteiger partial charge in [-0.15, -0.1) is 0 Å². The van der Waals surface area contributed by atoms with Crippen LogP contribution in [0.4, 0.5) is 0 Å². The lowest BCUT2D eigenvalue weighted by molar-refractivity contribution is 0.339. The highest BCUT2D eigenvalue weighted by molar-refractivity contribution is 5.84. The van der Waals surface area contributed by atoms with Crippen LogP contribution in [0.2, 0.25) is 0 Å². The molecule has 0 aliphatic heterocycles. The van der Waals surface area contributed by atoms with Gasteiger partial charge in [0.25, 0.3) is 0 Å². The maximum Gasteiger partial charge on any atom is 0.0441 e. The minimum Gasteiger partial charge on any atom is -0.260 e. The Balaban J connectivity index is 1.18. The van der Waals surface area contributed by atoms with Crippen LogP contribution in [0.15, 0.2) is 146 Å². The summed E-state index contributed by atoms with van der Waals surface area (Å²) in [5, 5.41) is 9.66. The summed E-state index contributed by atoms with van der Waals surface area (Å²) >= 11 is 0. The summed E-state index contributed by atoms with van der Waals surface area (Å²) in [6.45, 7) is 0. The summed E-state index contributed by atoms with van der Waals surface area (Å²) in [6.07, 6.45) is 12.1. The summed E-state index contributed by atoms with van der Waals surface area (Å²) < 4.78 is 0. The van der Waals surface area contributed by atoms with E-state index in [1.54, 1.807) is 0 Å². The van der Waals surface area contributed by atoms with Crippen molar-refractivity contribution in [1.82, 2.24) is 19.9 Å². The Bertz CT molecular complexity index is 2070. The molecule has 9 rings (SSSR count). The van der Waals surface area contributed by atoms with E-state index in [1.165, 1.54) is 43.1 Å². The first-order chi connectivity index (χ1) is 23.7. The quantitative estimate of drug-likeness (QED) is 0.196. The fraction of sp³-hybridized carbons (Fsp3) is 0.182. The number of pyridine rings is 4. The number of aromatic nitrogens is 4. The van der Waals surface area contributed by atoms with E-state index in [0.717, 1.165) is 48.5 Å². The third-order valence-electron chi connectivity index (χ3n) is 10.6. The average Bonchev–Trinajstić information content (AvgIpc) is 3.14. The van der Waals surface area contributed by atoms with Crippen molar-refractivity contribution < 1.29 is 0 Å². The van der Waals surface area contributed by atoms with Crippen molar-refractivity contribution in [2.75, 3.05) is 0 Å². The molecular formula is C44H36N4. The Morgan fingerprint density at radius 1 is 0.292 bits per heavy atom. The molecule has 0 spiro atoms. The standard InChI is InChI=1S/C44H36N4/c1-5-13-33-25-45-41(21-29(33)9-1)37-17-38(42-22-30-10-2-6-14-34(30)26-46-42)19-40(44-24-32-12-4-8-16-36(32)28-48-44)20-39(18-37)43-23-31-11-3-7-15-35(31)27-47-43/h1-16,21-28,37-40H,17-20H2. The molecule has 1 aliphatic carbocycles. The van der Waals surface area contributed by atoms with E-state index in [9.17, 15) is 0 Å². The van der Waals surface area contributed by atoms with E-state index in [1.807, 2.05) is 0 Å². The van der Waals surface area contributed by atoms with E-state index in [2.05, 4.69) is 146 Å². The van der Waals surface area contributed by atoms with Gasteiger partial charge >= 0.3 is 0 Å². The first kappa shape index (κ1) is 28.7. The zero-order valence-corrected chi connectivity index (χ0v) is 26.8. The van der Waals surface area contributed by atoms with Gasteiger partial charge in [0.15, 0.2) is 0 Å². The molecule has 0 radical (unpaired) electrons. The maximum atomic E-state index is 5.12. The van der Waals surface area contributed by atoms with Gasteiger partial charge in [-0.2, -0.15) is 0 Å². The van der Waals surface area contributed by atoms with Gasteiger partial charge in [0.2, 0.25) is 0 Å². The molecule has 0 N–H and O–H groups in total. The fourth-order valence-electron chi connectivity index (χ4n) is 8.02. The molecule has 0 amide bonds. The number of benzene rings is 4. The number of fused-ring (bicyclic) bond motifs is 4. The molecular weight excluding hydrogens is 585 g/mol. The lowest BCUT2D eigenvalue weighted by Gasteiger charge is -2.34. The number of hydrogen-bond donors (Lipinski definition) is 0. The van der Waals surface area contributed by atoms with Gasteiger partial charge in [-0.3, -0.25) is 19.9 Å². The smallest absolute Gasteiger partial charge is 0.0441 e. The molecule has 4 heteroatoms. The van der Waals surface area contributed by atoms with Gasteiger partial charge in [0.1, 0.15) is 0 Å². The Morgan fingerprint density at radius 2 is 0.500 bits per heavy atom. The third-order valence-corrected chi connectivity index (χ3v) is 10.6. The molecule has 8 aromatic rings. The SMILES string of the molecule is c1ccc2cc(C3CC(c4cc5ccccc5cn4)CC(c4cc5ccccc5cn4)CC(c4cc5ccccc5cn4)C3)ncc2c1. The highest BCUT2D eigenvalue weighted by atomic mass is 14.7. The van der Waals surface area contributed by atoms with Crippen molar-refractivity contribution in [1.29, 1.82) is 0 Å². The fourth-order valence-corrected chi connectivity index (χ4v) is 8.02. The van der Waals surface area contributed by atoms with Crippen LogP contribution < -0.4 is 0 Å². The van der Waals surface area contributed by atoms with Crippen LogP contribution in [0.1, 0.15) is 72.1 Å². The van der Waals surface area contributed by atoms with Gasteiger partial charge in [-0.25, -0.2) is 0 Å². The minimum absolute atomic E-state index is 0.247. The topological polar surface area (TPSA) is 51.6 Å². The minimum atomic E-state index is 0.247. The van der Waals surface area contributed by atoms with Crippen LogP contribution in [-0.4, -0.2) is 19.9 Å². The van der Waals surface area contributed by atoms with Crippen LogP contribution in [0, 0.1) is 0 Å². The second-order valence-electron chi connectivity index (χ2n) is 13.6. The van der Waals surface area contributed by atoms with Gasteiger partial charge in [-0.05, 0) is 71.5 Å². The molecule has 4 nitrogen and oxygen atoms in total. The van der Waals surface area contributed by atoms with Crippen molar-refractivity contribution in [3.05, 3.63) is 169 Å². The largest absolute Gasteiger partial charge is 0.260 e. The predicted molar refractivity (Wildman–Crippen MR) is 196 cm³/mol. The second-order valence-corrected chi connectivity index (χ2v) is 13.6. The first-order valence-electron chi connectivity index (χ1n) is 17.1. The Labute approximate surface area is 280 Å². The monoisotopic (exact) mass is 620 g/mol. The van der Waals surface area contributed by atoms with Crippen LogP contribution in [0.3, 0.4) is 0 Å². The van der Waals surface area contributed by atoms with Crippen molar-refractivity contribution in [2.24, 2.45) is 0 Å². The van der Waals surface area contributed by atoms with E-state index in [0.29, 0.717) is 0 Å². The zero-order valence-electron chi connectivity index (χ0n) is 26.8. The van der Waals surface area contributed by atoms with Crippen LogP contribution in [-0.2, 0) is 0 Å². The third kappa shape index (κ3) is 5.58. The molecule has 1 aliphatic rings. The van der Waals surface area contributed by atoms with Crippen LogP contribution in [0.25, 0.3) is 43.1 Å². The van der Waals surface area contributed by atoms with Crippen molar-refractivity contribution >= 4 is 43.1 Å². The molecule has 232 valence electrons. The first-order valence-corrected chi connectivity index (χ1v) is 17.1. The normalized spacial score (nSPS) is 20.2. The van der Waals surface area contributed by atoms with E-state index >= 15 is 0 Å². The van der Waals surface area contributed by atoms with Gasteiger partial charge in [0.05, 0.1) is 0 Å². The van der Waals surface area contributed by atoms with Crippen molar-refractivity contribution in [2.45, 2.75) is 49.4 Å². The van der Waals surface area contributed by atoms with Crippen molar-refractivity contribution in [3.63, 3.8) is 0 Å². The number of rotatable bonds is 4. The number of nitrogens with zero attached hydrogens (tertiary/aromatic N) is 4. The molecule has 4 aromatic heterocycles. The molecule has 48 heavy (non-hydrogen) atoms. The molecule has 0 bridgehead atoms.